The van der Waals surface area contributed by atoms with Crippen molar-refractivity contribution in [3.05, 3.63) is 118 Å². The summed E-state index contributed by atoms with van der Waals surface area (Å²) >= 11 is 0. The number of phenolic OH excluding ortho intramolecular Hbond substituents is 1. The molecule has 0 amide bonds. The maximum atomic E-state index is 14.4. The average molecular weight is 645 g/mol. The van der Waals surface area contributed by atoms with Crippen molar-refractivity contribution in [1.29, 1.82) is 0 Å². The Labute approximate surface area is 277 Å². The number of aromatic nitrogens is 1. The summed E-state index contributed by atoms with van der Waals surface area (Å²) in [5, 5.41) is 13.6. The highest BCUT2D eigenvalue weighted by molar-refractivity contribution is 5.98. The molecule has 0 radical (unpaired) electrons. The highest BCUT2D eigenvalue weighted by Gasteiger charge is 2.39. The average Bonchev–Trinajstić information content (AvgIpc) is 3.80. The van der Waals surface area contributed by atoms with Gasteiger partial charge in [-0.3, -0.25) is 4.79 Å². The monoisotopic (exact) mass is 644 g/mol. The van der Waals surface area contributed by atoms with E-state index in [4.69, 9.17) is 0 Å². The molecule has 1 heterocycles. The molecule has 1 aliphatic rings. The lowest BCUT2D eigenvalue weighted by Crippen LogP contribution is -2.25. The first kappa shape index (κ1) is 34.5. The Morgan fingerprint density at radius 2 is 1.60 bits per heavy atom. The van der Waals surface area contributed by atoms with Gasteiger partial charge in [0.15, 0.2) is 5.78 Å². The van der Waals surface area contributed by atoms with E-state index < -0.39 is 17.7 Å². The summed E-state index contributed by atoms with van der Waals surface area (Å²) < 4.78 is 44.7. The van der Waals surface area contributed by atoms with Gasteiger partial charge in [0, 0.05) is 17.3 Å². The molecule has 1 aliphatic carbocycles. The lowest BCUT2D eigenvalue weighted by Gasteiger charge is -2.24. The van der Waals surface area contributed by atoms with Crippen molar-refractivity contribution in [1.82, 2.24) is 9.88 Å². The molecule has 4 atom stereocenters. The van der Waals surface area contributed by atoms with Crippen LogP contribution in [-0.2, 0) is 19.0 Å². The van der Waals surface area contributed by atoms with Gasteiger partial charge in [0.05, 0.1) is 17.3 Å². The van der Waals surface area contributed by atoms with Crippen molar-refractivity contribution in [2.75, 3.05) is 6.54 Å². The smallest absolute Gasteiger partial charge is 0.418 e. The second-order valence-corrected chi connectivity index (χ2v) is 13.5. The number of aromatic hydroxyl groups is 1. The number of phenols is 1. The molecular weight excluding hydrogens is 597 g/mol. The number of ketones is 1. The Bertz CT molecular complexity index is 1670. The maximum absolute atomic E-state index is 14.4. The van der Waals surface area contributed by atoms with E-state index in [1.807, 2.05) is 56.3 Å². The summed E-state index contributed by atoms with van der Waals surface area (Å²) in [6.07, 6.45) is -0.209. The van der Waals surface area contributed by atoms with Crippen molar-refractivity contribution in [3.63, 3.8) is 0 Å². The minimum atomic E-state index is -4.58. The van der Waals surface area contributed by atoms with Crippen LogP contribution in [-0.4, -0.2) is 22.0 Å². The van der Waals surface area contributed by atoms with Crippen LogP contribution in [0.4, 0.5) is 13.2 Å². The van der Waals surface area contributed by atoms with Gasteiger partial charge in [0.2, 0.25) is 0 Å². The second-order valence-electron chi connectivity index (χ2n) is 13.5. The number of carbonyl (C=O) groups excluding carboxylic acids is 1. The van der Waals surface area contributed by atoms with Crippen molar-refractivity contribution in [3.8, 4) is 11.4 Å². The Hall–Kier alpha value is -3.84. The van der Waals surface area contributed by atoms with Crippen molar-refractivity contribution in [2.45, 2.75) is 84.9 Å². The largest absolute Gasteiger partial charge is 0.508 e. The van der Waals surface area contributed by atoms with Gasteiger partial charge in [-0.05, 0) is 103 Å². The molecule has 3 aromatic carbocycles. The summed E-state index contributed by atoms with van der Waals surface area (Å²) in [7, 11) is 0. The summed E-state index contributed by atoms with van der Waals surface area (Å²) in [4.78, 5) is 14.3. The molecule has 250 valence electrons. The molecule has 2 N–H and O–H groups in total. The van der Waals surface area contributed by atoms with Gasteiger partial charge in [-0.15, -0.1) is 0 Å². The van der Waals surface area contributed by atoms with Crippen LogP contribution in [0.15, 0.2) is 78.9 Å². The normalized spacial score (nSPS) is 16.1. The SMILES string of the molecule is CCc1c(C(F)(F)F)cc(C(=O)C(C)C(C)c2cccc(C(NCC3CC3)c3ccc(O)cc3)c2)n1-c1cccc(CC(C)CC)c1. The molecule has 1 aromatic heterocycles. The molecule has 0 aliphatic heterocycles. The zero-order valence-electron chi connectivity index (χ0n) is 28.1. The Balaban J connectivity index is 1.49. The zero-order valence-corrected chi connectivity index (χ0v) is 28.1. The maximum Gasteiger partial charge on any atom is 0.418 e. The molecule has 47 heavy (non-hydrogen) atoms. The van der Waals surface area contributed by atoms with Crippen LogP contribution in [0, 0.1) is 17.8 Å². The number of alkyl halides is 3. The van der Waals surface area contributed by atoms with Gasteiger partial charge < -0.3 is 15.0 Å². The molecule has 5 rings (SSSR count). The molecule has 0 saturated heterocycles. The van der Waals surface area contributed by atoms with Gasteiger partial charge in [-0.1, -0.05) is 89.6 Å². The van der Waals surface area contributed by atoms with Crippen molar-refractivity contribution < 1.29 is 23.1 Å². The number of benzene rings is 3. The Morgan fingerprint density at radius 1 is 0.915 bits per heavy atom. The summed E-state index contributed by atoms with van der Waals surface area (Å²) in [5.74, 6) is 0.140. The number of hydrogen-bond donors (Lipinski definition) is 2. The zero-order chi connectivity index (χ0) is 33.9. The van der Waals surface area contributed by atoms with Crippen molar-refractivity contribution >= 4 is 5.78 Å². The van der Waals surface area contributed by atoms with Gasteiger partial charge in [0.1, 0.15) is 5.75 Å². The van der Waals surface area contributed by atoms with E-state index in [-0.39, 0.29) is 41.3 Å². The van der Waals surface area contributed by atoms with Gasteiger partial charge in [-0.25, -0.2) is 0 Å². The van der Waals surface area contributed by atoms with E-state index in [1.54, 1.807) is 29.7 Å². The fraction of sp³-hybridized carbons (Fsp3) is 0.425. The predicted octanol–water partition coefficient (Wildman–Crippen LogP) is 10.1. The standard InChI is InChI=1S/C40H47F3N2O2/c1-6-25(3)20-29-10-8-13-33(21-29)45-36(7-2)35(40(41,42)43)23-37(45)39(47)27(5)26(4)31-11-9-12-32(22-31)38(44-24-28-14-15-28)30-16-18-34(46)19-17-30/h8-13,16-19,21-23,25-28,38,44,46H,6-7,14-15,20,24H2,1-5H3. The number of rotatable bonds is 14. The lowest BCUT2D eigenvalue weighted by molar-refractivity contribution is -0.138. The lowest BCUT2D eigenvalue weighted by atomic mass is 9.83. The first-order chi connectivity index (χ1) is 22.4. The van der Waals surface area contributed by atoms with Gasteiger partial charge in [0.25, 0.3) is 0 Å². The van der Waals surface area contributed by atoms with Crippen molar-refractivity contribution in [2.24, 2.45) is 17.8 Å². The number of halogens is 3. The Morgan fingerprint density at radius 3 is 2.23 bits per heavy atom. The van der Waals surface area contributed by atoms with Gasteiger partial charge >= 0.3 is 6.18 Å². The van der Waals surface area contributed by atoms with Crippen LogP contribution < -0.4 is 5.32 Å². The third-order valence-electron chi connectivity index (χ3n) is 9.91. The number of hydrogen-bond acceptors (Lipinski definition) is 3. The molecule has 0 spiro atoms. The third kappa shape index (κ3) is 8.01. The Kier molecular flexibility index (Phi) is 10.6. The van der Waals surface area contributed by atoms with Crippen LogP contribution in [0.2, 0.25) is 0 Å². The highest BCUT2D eigenvalue weighted by Crippen LogP contribution is 2.39. The highest BCUT2D eigenvalue weighted by atomic mass is 19.4. The van der Waals surface area contributed by atoms with Crippen LogP contribution in [0.1, 0.15) is 110 Å². The summed E-state index contributed by atoms with van der Waals surface area (Å²) in [5.41, 5.74) is 4.04. The minimum Gasteiger partial charge on any atom is -0.508 e. The number of carbonyl (C=O) groups is 1. The van der Waals surface area contributed by atoms with E-state index >= 15 is 0 Å². The van der Waals surface area contributed by atoms with Gasteiger partial charge in [-0.2, -0.15) is 13.2 Å². The fourth-order valence-electron chi connectivity index (χ4n) is 6.46. The molecule has 4 unspecified atom stereocenters. The van der Waals surface area contributed by atoms with E-state index in [0.29, 0.717) is 17.5 Å². The first-order valence-corrected chi connectivity index (χ1v) is 17.0. The number of Topliss-reactive ketones (excluding diaryl/α,β-unsaturated/α-hetero) is 1. The second kappa shape index (κ2) is 14.5. The topological polar surface area (TPSA) is 54.3 Å². The summed E-state index contributed by atoms with van der Waals surface area (Å²) in [6.45, 7) is 10.7. The van der Waals surface area contributed by atoms with E-state index in [2.05, 4.69) is 31.3 Å². The molecule has 7 heteroatoms. The molecule has 1 fully saturated rings. The fourth-order valence-corrected chi connectivity index (χ4v) is 6.46. The van der Waals surface area contributed by atoms with E-state index in [0.717, 1.165) is 47.7 Å². The quantitative estimate of drug-likeness (QED) is 0.134. The minimum absolute atomic E-state index is 0.0680. The molecule has 4 nitrogen and oxygen atoms in total. The predicted molar refractivity (Wildman–Crippen MR) is 182 cm³/mol. The van der Waals surface area contributed by atoms with Crippen LogP contribution >= 0.6 is 0 Å². The molecule has 1 saturated carbocycles. The third-order valence-corrected chi connectivity index (χ3v) is 9.91. The van der Waals surface area contributed by atoms with E-state index in [1.165, 1.54) is 12.8 Å². The van der Waals surface area contributed by atoms with Crippen LogP contribution in [0.5, 0.6) is 5.75 Å². The summed E-state index contributed by atoms with van der Waals surface area (Å²) in [6, 6.07) is 23.9. The molecular formula is C40H47F3N2O2. The number of nitrogens with one attached hydrogen (secondary N) is 1. The van der Waals surface area contributed by atoms with E-state index in [9.17, 15) is 23.1 Å². The van der Waals surface area contributed by atoms with Crippen LogP contribution in [0.25, 0.3) is 5.69 Å². The molecule has 4 aromatic rings. The van der Waals surface area contributed by atoms with Crippen LogP contribution in [0.3, 0.4) is 0 Å². The number of nitrogens with zero attached hydrogens (tertiary/aromatic N) is 1. The first-order valence-electron chi connectivity index (χ1n) is 17.0. The molecule has 0 bridgehead atoms.